The van der Waals surface area contributed by atoms with Gasteiger partial charge < -0.3 is 4.98 Å². The molecule has 3 nitrogen and oxygen atoms in total. The standard InChI is InChI=1S/C8H9NO2/c1-5-8(6(2)11)3-7(4-10)9-5/h3-4,9H,1-2H3. The zero-order valence-electron chi connectivity index (χ0n) is 6.47. The van der Waals surface area contributed by atoms with Gasteiger partial charge >= 0.3 is 0 Å². The van der Waals surface area contributed by atoms with E-state index < -0.39 is 0 Å². The van der Waals surface area contributed by atoms with Crippen molar-refractivity contribution >= 4 is 12.1 Å². The summed E-state index contributed by atoms with van der Waals surface area (Å²) in [6.07, 6.45) is 0.694. The van der Waals surface area contributed by atoms with Gasteiger partial charge in [-0.05, 0) is 19.9 Å². The third kappa shape index (κ3) is 1.37. The molecule has 1 aromatic rings. The number of aldehydes is 1. The number of H-pyrrole nitrogens is 1. The fourth-order valence-electron chi connectivity index (χ4n) is 1.01. The number of aromatic nitrogens is 1. The first kappa shape index (κ1) is 7.72. The Balaban J connectivity index is 3.16. The van der Waals surface area contributed by atoms with Gasteiger partial charge in [-0.25, -0.2) is 0 Å². The first-order valence-electron chi connectivity index (χ1n) is 3.31. The van der Waals surface area contributed by atoms with E-state index >= 15 is 0 Å². The van der Waals surface area contributed by atoms with Crippen LogP contribution in [0.3, 0.4) is 0 Å². The van der Waals surface area contributed by atoms with Gasteiger partial charge in [0.2, 0.25) is 0 Å². The second kappa shape index (κ2) is 2.70. The van der Waals surface area contributed by atoms with Gasteiger partial charge in [-0.3, -0.25) is 9.59 Å². The summed E-state index contributed by atoms with van der Waals surface area (Å²) in [5.74, 6) is -0.0214. The van der Waals surface area contributed by atoms with Crippen molar-refractivity contribution in [3.63, 3.8) is 0 Å². The zero-order chi connectivity index (χ0) is 8.43. The molecule has 0 bridgehead atoms. The molecule has 0 aliphatic heterocycles. The number of nitrogens with one attached hydrogen (secondary N) is 1. The molecule has 0 saturated carbocycles. The van der Waals surface area contributed by atoms with Crippen LogP contribution in [-0.4, -0.2) is 17.1 Å². The first-order chi connectivity index (χ1) is 5.15. The van der Waals surface area contributed by atoms with Crippen molar-refractivity contribution in [3.8, 4) is 0 Å². The number of ketones is 1. The number of aromatic amines is 1. The van der Waals surface area contributed by atoms with Gasteiger partial charge in [-0.15, -0.1) is 0 Å². The first-order valence-corrected chi connectivity index (χ1v) is 3.31. The third-order valence-corrected chi connectivity index (χ3v) is 1.54. The Labute approximate surface area is 64.4 Å². The molecular weight excluding hydrogens is 142 g/mol. The lowest BCUT2D eigenvalue weighted by Gasteiger charge is -1.88. The molecule has 0 aliphatic rings. The Morgan fingerprint density at radius 3 is 2.55 bits per heavy atom. The van der Waals surface area contributed by atoms with E-state index in [0.29, 0.717) is 17.5 Å². The lowest BCUT2D eigenvalue weighted by Crippen LogP contribution is -1.90. The molecule has 1 aromatic heterocycles. The molecule has 11 heavy (non-hydrogen) atoms. The molecule has 1 heterocycles. The van der Waals surface area contributed by atoms with Gasteiger partial charge in [0, 0.05) is 11.3 Å². The van der Waals surface area contributed by atoms with Crippen molar-refractivity contribution in [2.75, 3.05) is 0 Å². The van der Waals surface area contributed by atoms with Crippen LogP contribution < -0.4 is 0 Å². The van der Waals surface area contributed by atoms with Gasteiger partial charge in [-0.2, -0.15) is 0 Å². The molecule has 0 unspecified atom stereocenters. The zero-order valence-corrected chi connectivity index (χ0v) is 6.47. The highest BCUT2D eigenvalue weighted by Gasteiger charge is 2.06. The van der Waals surface area contributed by atoms with Crippen LogP contribution >= 0.6 is 0 Å². The minimum Gasteiger partial charge on any atom is -0.356 e. The van der Waals surface area contributed by atoms with Gasteiger partial charge in [0.15, 0.2) is 12.1 Å². The molecule has 0 fully saturated rings. The number of hydrogen-bond donors (Lipinski definition) is 1. The van der Waals surface area contributed by atoms with Crippen LogP contribution in [0.5, 0.6) is 0 Å². The van der Waals surface area contributed by atoms with Crippen LogP contribution in [0.15, 0.2) is 6.07 Å². The Morgan fingerprint density at radius 1 is 1.64 bits per heavy atom. The summed E-state index contributed by atoms with van der Waals surface area (Å²) in [6, 6.07) is 1.56. The largest absolute Gasteiger partial charge is 0.356 e. The van der Waals surface area contributed by atoms with Crippen molar-refractivity contribution in [2.24, 2.45) is 0 Å². The van der Waals surface area contributed by atoms with Gasteiger partial charge in [0.05, 0.1) is 5.69 Å². The Bertz CT molecular complexity index is 299. The molecule has 1 N–H and O–H groups in total. The van der Waals surface area contributed by atoms with Crippen molar-refractivity contribution in [3.05, 3.63) is 23.0 Å². The average Bonchev–Trinajstić information content (AvgIpc) is 2.30. The lowest BCUT2D eigenvalue weighted by molar-refractivity contribution is 0.101. The summed E-state index contributed by atoms with van der Waals surface area (Å²) in [5, 5.41) is 0. The summed E-state index contributed by atoms with van der Waals surface area (Å²) in [6.45, 7) is 3.24. The van der Waals surface area contributed by atoms with Gasteiger partial charge in [0.25, 0.3) is 0 Å². The molecular formula is C8H9NO2. The van der Waals surface area contributed by atoms with Crippen molar-refractivity contribution in [2.45, 2.75) is 13.8 Å². The SMILES string of the molecule is CC(=O)c1cc(C=O)[nH]c1C. The van der Waals surface area contributed by atoms with E-state index in [1.807, 2.05) is 0 Å². The minimum absolute atomic E-state index is 0.0214. The van der Waals surface area contributed by atoms with E-state index in [2.05, 4.69) is 4.98 Å². The fourth-order valence-corrected chi connectivity index (χ4v) is 1.01. The maximum atomic E-state index is 10.9. The van der Waals surface area contributed by atoms with E-state index in [1.165, 1.54) is 6.92 Å². The molecule has 0 aliphatic carbocycles. The highest BCUT2D eigenvalue weighted by molar-refractivity contribution is 5.96. The number of Topliss-reactive ketones (excluding diaryl/α,β-unsaturated/α-hetero) is 1. The third-order valence-electron chi connectivity index (χ3n) is 1.54. The maximum absolute atomic E-state index is 10.9. The van der Waals surface area contributed by atoms with E-state index in [9.17, 15) is 9.59 Å². The topological polar surface area (TPSA) is 49.9 Å². The molecule has 0 atom stereocenters. The van der Waals surface area contributed by atoms with E-state index in [-0.39, 0.29) is 5.78 Å². The van der Waals surface area contributed by atoms with E-state index in [4.69, 9.17) is 0 Å². The van der Waals surface area contributed by atoms with Gasteiger partial charge in [0.1, 0.15) is 0 Å². The number of carbonyl (C=O) groups excluding carboxylic acids is 2. The summed E-state index contributed by atoms with van der Waals surface area (Å²) in [4.78, 5) is 23.9. The Kier molecular flexibility index (Phi) is 1.89. The lowest BCUT2D eigenvalue weighted by atomic mass is 10.2. The summed E-state index contributed by atoms with van der Waals surface area (Å²) in [5.41, 5.74) is 1.79. The molecule has 0 radical (unpaired) electrons. The predicted molar refractivity (Wildman–Crippen MR) is 40.9 cm³/mol. The highest BCUT2D eigenvalue weighted by atomic mass is 16.1. The molecule has 58 valence electrons. The van der Waals surface area contributed by atoms with Crippen LogP contribution in [0, 0.1) is 6.92 Å². The monoisotopic (exact) mass is 151 g/mol. The molecule has 1 rings (SSSR count). The molecule has 0 aromatic carbocycles. The molecule has 0 amide bonds. The van der Waals surface area contributed by atoms with Crippen molar-refractivity contribution < 1.29 is 9.59 Å². The quantitative estimate of drug-likeness (QED) is 0.512. The van der Waals surface area contributed by atoms with Crippen molar-refractivity contribution in [1.82, 2.24) is 4.98 Å². The van der Waals surface area contributed by atoms with Gasteiger partial charge in [-0.1, -0.05) is 0 Å². The number of carbonyl (C=O) groups is 2. The maximum Gasteiger partial charge on any atom is 0.166 e. The van der Waals surface area contributed by atoms with Crippen LogP contribution in [0.4, 0.5) is 0 Å². The van der Waals surface area contributed by atoms with Crippen LogP contribution in [0.2, 0.25) is 0 Å². The molecule has 3 heteroatoms. The number of aryl methyl sites for hydroxylation is 1. The summed E-state index contributed by atoms with van der Waals surface area (Å²) >= 11 is 0. The fraction of sp³-hybridized carbons (Fsp3) is 0.250. The van der Waals surface area contributed by atoms with Crippen LogP contribution in [0.1, 0.15) is 33.5 Å². The van der Waals surface area contributed by atoms with E-state index in [0.717, 1.165) is 5.69 Å². The Morgan fingerprint density at radius 2 is 2.27 bits per heavy atom. The van der Waals surface area contributed by atoms with Crippen molar-refractivity contribution in [1.29, 1.82) is 0 Å². The minimum atomic E-state index is -0.0214. The molecule has 0 saturated heterocycles. The summed E-state index contributed by atoms with van der Waals surface area (Å²) in [7, 11) is 0. The smallest absolute Gasteiger partial charge is 0.166 e. The second-order valence-corrected chi connectivity index (χ2v) is 2.44. The summed E-state index contributed by atoms with van der Waals surface area (Å²) < 4.78 is 0. The normalized spacial score (nSPS) is 9.64. The number of hydrogen-bond acceptors (Lipinski definition) is 2. The van der Waals surface area contributed by atoms with E-state index in [1.54, 1.807) is 13.0 Å². The predicted octanol–water partition coefficient (Wildman–Crippen LogP) is 1.34. The number of rotatable bonds is 2. The highest BCUT2D eigenvalue weighted by Crippen LogP contribution is 2.08. The Hall–Kier alpha value is -1.38. The second-order valence-electron chi connectivity index (χ2n) is 2.44. The molecule has 0 spiro atoms. The van der Waals surface area contributed by atoms with Crippen LogP contribution in [0.25, 0.3) is 0 Å². The van der Waals surface area contributed by atoms with Crippen LogP contribution in [-0.2, 0) is 0 Å². The average molecular weight is 151 g/mol.